The molecular weight excluding hydrogens is 394 g/mol. The highest BCUT2D eigenvalue weighted by atomic mass is 16.5. The van der Waals surface area contributed by atoms with Crippen molar-refractivity contribution in [3.63, 3.8) is 0 Å². The van der Waals surface area contributed by atoms with Crippen LogP contribution < -0.4 is 9.47 Å². The van der Waals surface area contributed by atoms with Gasteiger partial charge in [-0.2, -0.15) is 0 Å². The smallest absolute Gasteiger partial charge is 0.246 e. The normalized spacial score (nSPS) is 16.5. The Morgan fingerprint density at radius 2 is 2.10 bits per heavy atom. The molecule has 1 fully saturated rings. The van der Waals surface area contributed by atoms with Crippen LogP contribution in [0.3, 0.4) is 0 Å². The molecule has 1 atom stereocenters. The summed E-state index contributed by atoms with van der Waals surface area (Å²) < 4.78 is 12.2. The number of ether oxygens (including phenoxy) is 2. The fourth-order valence-electron chi connectivity index (χ4n) is 3.45. The summed E-state index contributed by atoms with van der Waals surface area (Å²) in [6, 6.07) is 9.64. The summed E-state index contributed by atoms with van der Waals surface area (Å²) in [4.78, 5) is 20.5. The van der Waals surface area contributed by atoms with E-state index in [0.29, 0.717) is 35.8 Å². The Labute approximate surface area is 181 Å². The Morgan fingerprint density at radius 1 is 1.29 bits per heavy atom. The van der Waals surface area contributed by atoms with Gasteiger partial charge < -0.3 is 19.3 Å². The summed E-state index contributed by atoms with van der Waals surface area (Å²) in [6.07, 6.45) is 5.78. The first-order valence-corrected chi connectivity index (χ1v) is 10.3. The summed E-state index contributed by atoms with van der Waals surface area (Å²) in [5.74, 6) is 1.79. The number of aromatic nitrogens is 3. The van der Waals surface area contributed by atoms with Crippen molar-refractivity contribution < 1.29 is 14.3 Å². The van der Waals surface area contributed by atoms with E-state index in [1.165, 1.54) is 0 Å². The maximum atomic E-state index is 12.4. The van der Waals surface area contributed by atoms with Gasteiger partial charge in [0.1, 0.15) is 23.0 Å². The molecule has 1 saturated heterocycles. The number of hydrogen-bond donors (Lipinski definition) is 1. The molecular formula is C23H27N5O3. The van der Waals surface area contributed by atoms with Crippen LogP contribution in [0.25, 0.3) is 11.0 Å². The Balaban J connectivity index is 1.46. The fraction of sp³-hybridized carbons (Fsp3) is 0.348. The molecule has 162 valence electrons. The lowest BCUT2D eigenvalue weighted by Gasteiger charge is -2.15. The quantitative estimate of drug-likeness (QED) is 0.590. The van der Waals surface area contributed by atoms with Crippen molar-refractivity contribution in [2.24, 2.45) is 0 Å². The largest absolute Gasteiger partial charge is 0.471 e. The van der Waals surface area contributed by atoms with Gasteiger partial charge in [0, 0.05) is 37.8 Å². The van der Waals surface area contributed by atoms with Gasteiger partial charge in [-0.15, -0.1) is 5.10 Å². The van der Waals surface area contributed by atoms with E-state index < -0.39 is 0 Å². The van der Waals surface area contributed by atoms with Crippen molar-refractivity contribution in [2.45, 2.75) is 19.4 Å². The topological polar surface area (TPSA) is 83.6 Å². The first-order chi connectivity index (χ1) is 15.0. The van der Waals surface area contributed by atoms with E-state index in [-0.39, 0.29) is 12.0 Å². The number of fused-ring (bicyclic) bond motifs is 1. The van der Waals surface area contributed by atoms with Gasteiger partial charge in [-0.05, 0) is 33.2 Å². The molecule has 0 aliphatic carbocycles. The van der Waals surface area contributed by atoms with Crippen LogP contribution in [0, 0.1) is 6.92 Å². The van der Waals surface area contributed by atoms with Gasteiger partial charge in [0.2, 0.25) is 11.8 Å². The number of aryl methyl sites for hydroxylation is 1. The predicted octanol–water partition coefficient (Wildman–Crippen LogP) is 3.16. The zero-order valence-electron chi connectivity index (χ0n) is 18.0. The molecule has 8 heteroatoms. The van der Waals surface area contributed by atoms with Gasteiger partial charge in [-0.3, -0.25) is 9.89 Å². The minimum absolute atomic E-state index is 0.00453. The van der Waals surface area contributed by atoms with Crippen LogP contribution in [-0.2, 0) is 4.79 Å². The number of hydrogen-bond acceptors (Lipinski definition) is 6. The molecule has 1 aromatic carbocycles. The Kier molecular flexibility index (Phi) is 6.18. The van der Waals surface area contributed by atoms with Crippen LogP contribution in [0.5, 0.6) is 17.4 Å². The third-order valence-corrected chi connectivity index (χ3v) is 5.10. The molecule has 1 N–H and O–H groups in total. The molecule has 0 bridgehead atoms. The molecule has 0 radical (unpaired) electrons. The van der Waals surface area contributed by atoms with E-state index in [1.54, 1.807) is 23.2 Å². The van der Waals surface area contributed by atoms with Crippen molar-refractivity contribution in [3.8, 4) is 17.4 Å². The number of rotatable bonds is 7. The molecule has 1 aliphatic heterocycles. The number of benzene rings is 1. The predicted molar refractivity (Wildman–Crippen MR) is 118 cm³/mol. The molecule has 2 aromatic heterocycles. The van der Waals surface area contributed by atoms with Crippen LogP contribution in [0.1, 0.15) is 12.0 Å². The van der Waals surface area contributed by atoms with Gasteiger partial charge >= 0.3 is 0 Å². The maximum Gasteiger partial charge on any atom is 0.246 e. The molecule has 1 aliphatic rings. The lowest BCUT2D eigenvalue weighted by Crippen LogP contribution is -2.29. The second kappa shape index (κ2) is 9.18. The minimum atomic E-state index is -0.134. The van der Waals surface area contributed by atoms with E-state index in [1.807, 2.05) is 56.3 Å². The van der Waals surface area contributed by atoms with Crippen molar-refractivity contribution >= 4 is 16.9 Å². The molecule has 3 aromatic rings. The van der Waals surface area contributed by atoms with Gasteiger partial charge in [0.15, 0.2) is 5.65 Å². The number of nitrogens with one attached hydrogen (secondary N) is 1. The lowest BCUT2D eigenvalue weighted by atomic mass is 10.2. The third kappa shape index (κ3) is 5.03. The summed E-state index contributed by atoms with van der Waals surface area (Å²) in [5, 5.41) is 7.90. The fourth-order valence-corrected chi connectivity index (χ4v) is 3.45. The Hall–Kier alpha value is -3.39. The number of pyridine rings is 1. The summed E-state index contributed by atoms with van der Waals surface area (Å²) in [6.45, 7) is 3.94. The molecule has 3 heterocycles. The second-order valence-corrected chi connectivity index (χ2v) is 7.95. The van der Waals surface area contributed by atoms with Gasteiger partial charge in [0.25, 0.3) is 0 Å². The third-order valence-electron chi connectivity index (χ3n) is 5.10. The van der Waals surface area contributed by atoms with Gasteiger partial charge in [0.05, 0.1) is 6.54 Å². The van der Waals surface area contributed by atoms with E-state index >= 15 is 0 Å². The molecule has 4 rings (SSSR count). The molecule has 8 nitrogen and oxygen atoms in total. The van der Waals surface area contributed by atoms with Crippen LogP contribution >= 0.6 is 0 Å². The summed E-state index contributed by atoms with van der Waals surface area (Å²) >= 11 is 0. The van der Waals surface area contributed by atoms with Crippen molar-refractivity contribution in [1.29, 1.82) is 0 Å². The zero-order valence-corrected chi connectivity index (χ0v) is 18.0. The summed E-state index contributed by atoms with van der Waals surface area (Å²) in [7, 11) is 3.93. The first-order valence-electron chi connectivity index (χ1n) is 10.3. The number of carbonyl (C=O) groups is 1. The highest BCUT2D eigenvalue weighted by Gasteiger charge is 2.28. The average Bonchev–Trinajstić information content (AvgIpc) is 3.38. The molecule has 31 heavy (non-hydrogen) atoms. The van der Waals surface area contributed by atoms with Crippen LogP contribution in [-0.4, -0.2) is 70.7 Å². The maximum absolute atomic E-state index is 12.4. The van der Waals surface area contributed by atoms with Crippen molar-refractivity contribution in [1.82, 2.24) is 25.0 Å². The van der Waals surface area contributed by atoms with Gasteiger partial charge in [-0.25, -0.2) is 4.98 Å². The Morgan fingerprint density at radius 3 is 2.87 bits per heavy atom. The molecule has 0 saturated carbocycles. The van der Waals surface area contributed by atoms with E-state index in [2.05, 4.69) is 15.2 Å². The number of likely N-dealkylation sites (tertiary alicyclic amines) is 1. The SMILES string of the molecule is Cc1ccc(Oc2ccnc3[nH]nc(O[C@@H]4CCN(C(=O)/C=C/CN(C)C)C4)c23)cc1. The van der Waals surface area contributed by atoms with Crippen molar-refractivity contribution in [2.75, 3.05) is 33.7 Å². The average molecular weight is 422 g/mol. The number of carbonyl (C=O) groups excluding carboxylic acids is 1. The molecule has 0 spiro atoms. The monoisotopic (exact) mass is 421 g/mol. The number of likely N-dealkylation sites (N-methyl/N-ethyl adjacent to an activating group) is 1. The number of H-pyrrole nitrogens is 1. The number of aromatic amines is 1. The highest BCUT2D eigenvalue weighted by Crippen LogP contribution is 2.35. The second-order valence-electron chi connectivity index (χ2n) is 7.95. The summed E-state index contributed by atoms with van der Waals surface area (Å²) in [5.41, 5.74) is 1.76. The highest BCUT2D eigenvalue weighted by molar-refractivity contribution is 5.88. The zero-order chi connectivity index (χ0) is 21.8. The number of amides is 1. The van der Waals surface area contributed by atoms with E-state index in [9.17, 15) is 4.79 Å². The van der Waals surface area contributed by atoms with Crippen LogP contribution in [0.4, 0.5) is 0 Å². The molecule has 0 unspecified atom stereocenters. The van der Waals surface area contributed by atoms with Crippen LogP contribution in [0.15, 0.2) is 48.7 Å². The standard InChI is InChI=1S/C23H27N5O3/c1-16-6-8-17(9-7-16)30-19-10-12-24-22-21(19)23(26-25-22)31-18-11-14-28(15-18)20(29)5-4-13-27(2)3/h4-10,12,18H,11,13-15H2,1-3H3,(H,24,25,26)/b5-4+/t18-/m1/s1. The van der Waals surface area contributed by atoms with E-state index in [4.69, 9.17) is 9.47 Å². The Bertz CT molecular complexity index is 1070. The van der Waals surface area contributed by atoms with Crippen molar-refractivity contribution in [3.05, 3.63) is 54.2 Å². The number of nitrogens with zero attached hydrogens (tertiary/aromatic N) is 4. The minimum Gasteiger partial charge on any atom is -0.471 e. The van der Waals surface area contributed by atoms with Gasteiger partial charge in [-0.1, -0.05) is 23.8 Å². The first kappa shape index (κ1) is 20.9. The van der Waals surface area contributed by atoms with E-state index in [0.717, 1.165) is 24.3 Å². The molecule has 1 amide bonds. The lowest BCUT2D eigenvalue weighted by molar-refractivity contribution is -0.125. The van der Waals surface area contributed by atoms with Crippen LogP contribution in [0.2, 0.25) is 0 Å².